The summed E-state index contributed by atoms with van der Waals surface area (Å²) in [6.07, 6.45) is 2.45. The maximum absolute atomic E-state index is 12.0. The van der Waals surface area contributed by atoms with Gasteiger partial charge in [-0.25, -0.2) is 0 Å². The smallest absolute Gasteiger partial charge is 0.229 e. The third-order valence-electron chi connectivity index (χ3n) is 3.05. The lowest BCUT2D eigenvalue weighted by molar-refractivity contribution is -0.119. The first kappa shape index (κ1) is 11.9. The monoisotopic (exact) mass is 234 g/mol. The van der Waals surface area contributed by atoms with E-state index in [0.717, 1.165) is 25.1 Å². The number of hydrogen-bond donors (Lipinski definition) is 1. The van der Waals surface area contributed by atoms with Gasteiger partial charge in [-0.2, -0.15) is 0 Å². The van der Waals surface area contributed by atoms with Crippen molar-refractivity contribution in [3.8, 4) is 0 Å². The van der Waals surface area contributed by atoms with Crippen LogP contribution in [0.2, 0.25) is 0 Å². The Hall–Kier alpha value is -1.55. The Labute approximate surface area is 101 Å². The van der Waals surface area contributed by atoms with Crippen LogP contribution in [0.5, 0.6) is 0 Å². The standard InChI is InChI=1S/C13H18N2O2/c1-17-8-6-13(16)15-7-2-3-10-4-5-11(14)9-12(10)15/h4-5,9H,2-3,6-8,14H2,1H3. The summed E-state index contributed by atoms with van der Waals surface area (Å²) in [6, 6.07) is 5.79. The molecule has 1 aliphatic rings. The first-order chi connectivity index (χ1) is 8.22. The molecule has 0 aliphatic carbocycles. The molecule has 1 aliphatic heterocycles. The average molecular weight is 234 g/mol. The van der Waals surface area contributed by atoms with Crippen molar-refractivity contribution in [2.45, 2.75) is 19.3 Å². The van der Waals surface area contributed by atoms with Crippen molar-refractivity contribution in [3.63, 3.8) is 0 Å². The summed E-state index contributed by atoms with van der Waals surface area (Å²) in [5, 5.41) is 0. The van der Waals surface area contributed by atoms with Gasteiger partial charge in [0.15, 0.2) is 0 Å². The van der Waals surface area contributed by atoms with Crippen molar-refractivity contribution in [2.75, 3.05) is 30.9 Å². The molecule has 0 atom stereocenters. The third-order valence-corrected chi connectivity index (χ3v) is 3.05. The second-order valence-corrected chi connectivity index (χ2v) is 4.28. The Balaban J connectivity index is 2.21. The summed E-state index contributed by atoms with van der Waals surface area (Å²) in [5.74, 6) is 0.110. The number of anilines is 2. The summed E-state index contributed by atoms with van der Waals surface area (Å²) in [5.41, 5.74) is 8.66. The number of benzene rings is 1. The number of nitrogens with two attached hydrogens (primary N) is 1. The zero-order valence-electron chi connectivity index (χ0n) is 10.1. The van der Waals surface area contributed by atoms with Crippen LogP contribution in [-0.2, 0) is 16.0 Å². The molecule has 0 unspecified atom stereocenters. The van der Waals surface area contributed by atoms with Gasteiger partial charge >= 0.3 is 0 Å². The number of nitrogen functional groups attached to an aromatic ring is 1. The molecule has 0 saturated carbocycles. The molecule has 0 fully saturated rings. The quantitative estimate of drug-likeness (QED) is 0.808. The molecular weight excluding hydrogens is 216 g/mol. The molecule has 0 spiro atoms. The predicted octanol–water partition coefficient (Wildman–Crippen LogP) is 1.58. The van der Waals surface area contributed by atoms with Gasteiger partial charge in [0, 0.05) is 25.0 Å². The van der Waals surface area contributed by atoms with E-state index < -0.39 is 0 Å². The minimum absolute atomic E-state index is 0.110. The minimum Gasteiger partial charge on any atom is -0.399 e. The number of rotatable bonds is 3. The van der Waals surface area contributed by atoms with Gasteiger partial charge in [-0.15, -0.1) is 0 Å². The molecular formula is C13H18N2O2. The number of carbonyl (C=O) groups excluding carboxylic acids is 1. The highest BCUT2D eigenvalue weighted by molar-refractivity contribution is 5.95. The topological polar surface area (TPSA) is 55.6 Å². The number of methoxy groups -OCH3 is 1. The summed E-state index contributed by atoms with van der Waals surface area (Å²) in [7, 11) is 1.61. The van der Waals surface area contributed by atoms with E-state index in [1.165, 1.54) is 5.56 Å². The largest absolute Gasteiger partial charge is 0.399 e. The van der Waals surface area contributed by atoms with Crippen LogP contribution in [0.3, 0.4) is 0 Å². The Morgan fingerprint density at radius 3 is 3.12 bits per heavy atom. The van der Waals surface area contributed by atoms with Crippen molar-refractivity contribution in [1.29, 1.82) is 0 Å². The van der Waals surface area contributed by atoms with Gasteiger partial charge in [0.25, 0.3) is 0 Å². The van der Waals surface area contributed by atoms with E-state index in [-0.39, 0.29) is 5.91 Å². The van der Waals surface area contributed by atoms with Gasteiger partial charge in [0.1, 0.15) is 0 Å². The Kier molecular flexibility index (Phi) is 3.64. The summed E-state index contributed by atoms with van der Waals surface area (Å²) >= 11 is 0. The Bertz CT molecular complexity index is 418. The van der Waals surface area contributed by atoms with Crippen LogP contribution < -0.4 is 10.6 Å². The zero-order valence-corrected chi connectivity index (χ0v) is 10.1. The number of aryl methyl sites for hydroxylation is 1. The van der Waals surface area contributed by atoms with Crippen LogP contribution in [0, 0.1) is 0 Å². The van der Waals surface area contributed by atoms with Crippen LogP contribution in [0.15, 0.2) is 18.2 Å². The second kappa shape index (κ2) is 5.19. The highest BCUT2D eigenvalue weighted by atomic mass is 16.5. The maximum atomic E-state index is 12.0. The lowest BCUT2D eigenvalue weighted by Gasteiger charge is -2.29. The molecule has 1 aromatic carbocycles. The van der Waals surface area contributed by atoms with E-state index in [4.69, 9.17) is 10.5 Å². The molecule has 92 valence electrons. The van der Waals surface area contributed by atoms with Gasteiger partial charge in [-0.1, -0.05) is 6.07 Å². The van der Waals surface area contributed by atoms with E-state index in [1.807, 2.05) is 23.1 Å². The molecule has 0 bridgehead atoms. The van der Waals surface area contributed by atoms with Crippen LogP contribution in [-0.4, -0.2) is 26.2 Å². The second-order valence-electron chi connectivity index (χ2n) is 4.28. The average Bonchev–Trinajstić information content (AvgIpc) is 2.35. The van der Waals surface area contributed by atoms with E-state index in [0.29, 0.717) is 18.7 Å². The van der Waals surface area contributed by atoms with Gasteiger partial charge in [0.05, 0.1) is 13.0 Å². The minimum atomic E-state index is 0.110. The number of fused-ring (bicyclic) bond motifs is 1. The molecule has 1 aromatic rings. The summed E-state index contributed by atoms with van der Waals surface area (Å²) in [6.45, 7) is 1.24. The molecule has 0 radical (unpaired) electrons. The first-order valence-corrected chi connectivity index (χ1v) is 5.90. The number of hydrogen-bond acceptors (Lipinski definition) is 3. The summed E-state index contributed by atoms with van der Waals surface area (Å²) < 4.78 is 4.94. The Morgan fingerprint density at radius 1 is 1.53 bits per heavy atom. The highest BCUT2D eigenvalue weighted by Gasteiger charge is 2.22. The molecule has 1 amide bonds. The lowest BCUT2D eigenvalue weighted by Crippen LogP contribution is -2.36. The van der Waals surface area contributed by atoms with Crippen molar-refractivity contribution in [3.05, 3.63) is 23.8 Å². The number of amides is 1. The normalized spacial score (nSPS) is 14.5. The summed E-state index contributed by atoms with van der Waals surface area (Å²) in [4.78, 5) is 13.9. The van der Waals surface area contributed by atoms with Crippen LogP contribution in [0.4, 0.5) is 11.4 Å². The van der Waals surface area contributed by atoms with Crippen molar-refractivity contribution in [1.82, 2.24) is 0 Å². The van der Waals surface area contributed by atoms with E-state index in [2.05, 4.69) is 0 Å². The first-order valence-electron chi connectivity index (χ1n) is 5.90. The van der Waals surface area contributed by atoms with E-state index in [1.54, 1.807) is 7.11 Å². The maximum Gasteiger partial charge on any atom is 0.229 e. The van der Waals surface area contributed by atoms with Gasteiger partial charge < -0.3 is 15.4 Å². The molecule has 17 heavy (non-hydrogen) atoms. The number of nitrogens with zero attached hydrogens (tertiary/aromatic N) is 1. The van der Waals surface area contributed by atoms with E-state index >= 15 is 0 Å². The number of carbonyl (C=O) groups is 1. The zero-order chi connectivity index (χ0) is 12.3. The molecule has 2 rings (SSSR count). The molecule has 0 aromatic heterocycles. The van der Waals surface area contributed by atoms with Crippen LogP contribution in [0.25, 0.3) is 0 Å². The van der Waals surface area contributed by atoms with Crippen LogP contribution in [0.1, 0.15) is 18.4 Å². The highest BCUT2D eigenvalue weighted by Crippen LogP contribution is 2.29. The van der Waals surface area contributed by atoms with Crippen molar-refractivity contribution in [2.24, 2.45) is 0 Å². The van der Waals surface area contributed by atoms with Crippen molar-refractivity contribution >= 4 is 17.3 Å². The molecule has 0 saturated heterocycles. The third kappa shape index (κ3) is 2.58. The molecule has 4 nitrogen and oxygen atoms in total. The Morgan fingerprint density at radius 2 is 2.35 bits per heavy atom. The SMILES string of the molecule is COCCC(=O)N1CCCc2ccc(N)cc21. The van der Waals surface area contributed by atoms with Crippen molar-refractivity contribution < 1.29 is 9.53 Å². The molecule has 4 heteroatoms. The van der Waals surface area contributed by atoms with Gasteiger partial charge in [0.2, 0.25) is 5.91 Å². The number of ether oxygens (including phenoxy) is 1. The van der Waals surface area contributed by atoms with E-state index in [9.17, 15) is 4.79 Å². The lowest BCUT2D eigenvalue weighted by atomic mass is 10.0. The van der Waals surface area contributed by atoms with Gasteiger partial charge in [-0.3, -0.25) is 4.79 Å². The molecule has 1 heterocycles. The fourth-order valence-corrected chi connectivity index (χ4v) is 2.17. The fraction of sp³-hybridized carbons (Fsp3) is 0.462. The fourth-order valence-electron chi connectivity index (χ4n) is 2.17. The van der Waals surface area contributed by atoms with Gasteiger partial charge in [-0.05, 0) is 30.5 Å². The molecule has 2 N–H and O–H groups in total. The predicted molar refractivity (Wildman–Crippen MR) is 68.0 cm³/mol. The van der Waals surface area contributed by atoms with Crippen LogP contribution >= 0.6 is 0 Å².